The van der Waals surface area contributed by atoms with Gasteiger partial charge in [0.25, 0.3) is 5.89 Å². The Morgan fingerprint density at radius 1 is 1.32 bits per heavy atom. The first-order valence-corrected chi connectivity index (χ1v) is 10.2. The Balaban J connectivity index is 1.83. The van der Waals surface area contributed by atoms with Gasteiger partial charge in [-0.3, -0.25) is 0 Å². The molecule has 144 valence electrons. The summed E-state index contributed by atoms with van der Waals surface area (Å²) >= 11 is 7.18. The predicted octanol–water partition coefficient (Wildman–Crippen LogP) is 4.49. The number of methoxy groups -OCH3 is 1. The molecule has 0 saturated heterocycles. The molecule has 2 aromatic heterocycles. The van der Waals surface area contributed by atoms with Gasteiger partial charge in [-0.15, -0.1) is 11.3 Å². The van der Waals surface area contributed by atoms with Gasteiger partial charge in [0.05, 0.1) is 23.6 Å². The highest BCUT2D eigenvalue weighted by atomic mass is 32.1. The number of rotatable bonds is 5. The summed E-state index contributed by atoms with van der Waals surface area (Å²) < 4.78 is 11.1. The molecule has 1 aliphatic rings. The number of thiophene rings is 1. The fourth-order valence-corrected chi connectivity index (χ4v) is 4.38. The van der Waals surface area contributed by atoms with E-state index in [0.29, 0.717) is 16.8 Å². The highest BCUT2D eigenvalue weighted by molar-refractivity contribution is 7.80. The third-order valence-electron chi connectivity index (χ3n) is 4.74. The normalized spacial score (nSPS) is 17.0. The van der Waals surface area contributed by atoms with Gasteiger partial charge in [-0.1, -0.05) is 23.4 Å². The van der Waals surface area contributed by atoms with Crippen LogP contribution in [-0.4, -0.2) is 33.8 Å². The van der Waals surface area contributed by atoms with Crippen LogP contribution in [0.2, 0.25) is 0 Å². The van der Waals surface area contributed by atoms with Crippen molar-refractivity contribution in [1.82, 2.24) is 20.4 Å². The van der Waals surface area contributed by atoms with Gasteiger partial charge in [0.1, 0.15) is 5.75 Å². The number of hydrogen-bond acceptors (Lipinski definition) is 6. The number of nitrogens with one attached hydrogen (secondary N) is 1. The number of benzene rings is 1. The molecule has 0 amide bonds. The van der Waals surface area contributed by atoms with Crippen molar-refractivity contribution in [1.29, 1.82) is 0 Å². The number of thiocarbonyl (C=S) groups is 1. The van der Waals surface area contributed by atoms with Crippen LogP contribution in [0.4, 0.5) is 0 Å². The molecule has 1 unspecified atom stereocenters. The molecular formula is C20H20N4O2S2. The lowest BCUT2D eigenvalue weighted by Crippen LogP contribution is -2.45. The second kappa shape index (κ2) is 7.73. The van der Waals surface area contributed by atoms with Crippen molar-refractivity contribution < 1.29 is 9.26 Å². The maximum absolute atomic E-state index is 5.68. The summed E-state index contributed by atoms with van der Waals surface area (Å²) in [5, 5.41) is 10.3. The third kappa shape index (κ3) is 3.29. The first-order valence-electron chi connectivity index (χ1n) is 8.93. The molecule has 1 aromatic carbocycles. The fourth-order valence-electron chi connectivity index (χ4n) is 3.35. The molecule has 3 aromatic rings. The molecule has 3 heterocycles. The number of allylic oxidation sites excluding steroid dienone is 1. The Labute approximate surface area is 172 Å². The Morgan fingerprint density at radius 2 is 2.18 bits per heavy atom. The summed E-state index contributed by atoms with van der Waals surface area (Å²) in [6, 6.07) is 11.7. The van der Waals surface area contributed by atoms with E-state index in [1.807, 2.05) is 53.6 Å². The molecule has 4 rings (SSSR count). The largest absolute Gasteiger partial charge is 0.497 e. The van der Waals surface area contributed by atoms with Crippen LogP contribution in [0.3, 0.4) is 0 Å². The van der Waals surface area contributed by atoms with Crippen molar-refractivity contribution in [3.8, 4) is 16.5 Å². The van der Waals surface area contributed by atoms with Gasteiger partial charge < -0.3 is 19.5 Å². The summed E-state index contributed by atoms with van der Waals surface area (Å²) in [7, 11) is 1.66. The van der Waals surface area contributed by atoms with E-state index < -0.39 is 0 Å². The van der Waals surface area contributed by atoms with E-state index in [-0.39, 0.29) is 6.04 Å². The second-order valence-corrected chi connectivity index (χ2v) is 7.64. The molecule has 1 atom stereocenters. The molecule has 1 N–H and O–H groups in total. The molecule has 0 saturated carbocycles. The van der Waals surface area contributed by atoms with Crippen LogP contribution in [-0.2, 0) is 0 Å². The zero-order valence-corrected chi connectivity index (χ0v) is 17.4. The second-order valence-electron chi connectivity index (χ2n) is 6.30. The molecule has 6 nitrogen and oxygen atoms in total. The molecule has 1 aliphatic heterocycles. The summed E-state index contributed by atoms with van der Waals surface area (Å²) in [5.74, 6) is 1.86. The van der Waals surface area contributed by atoms with Gasteiger partial charge in [0.15, 0.2) is 5.11 Å². The van der Waals surface area contributed by atoms with Crippen LogP contribution in [0, 0.1) is 0 Å². The van der Waals surface area contributed by atoms with Crippen molar-refractivity contribution in [3.05, 3.63) is 58.9 Å². The highest BCUT2D eigenvalue weighted by Gasteiger charge is 2.33. The maximum atomic E-state index is 5.68. The van der Waals surface area contributed by atoms with Crippen LogP contribution < -0.4 is 10.1 Å². The van der Waals surface area contributed by atoms with Gasteiger partial charge in [-0.2, -0.15) is 4.98 Å². The van der Waals surface area contributed by atoms with Gasteiger partial charge in [0.2, 0.25) is 5.82 Å². The van der Waals surface area contributed by atoms with Crippen molar-refractivity contribution in [3.63, 3.8) is 0 Å². The monoisotopic (exact) mass is 412 g/mol. The predicted molar refractivity (Wildman–Crippen MR) is 114 cm³/mol. The van der Waals surface area contributed by atoms with Crippen molar-refractivity contribution in [2.24, 2.45) is 0 Å². The first-order chi connectivity index (χ1) is 13.6. The molecule has 0 bridgehead atoms. The topological polar surface area (TPSA) is 63.4 Å². The summed E-state index contributed by atoms with van der Waals surface area (Å²) in [6.07, 6.45) is 0. The van der Waals surface area contributed by atoms with Crippen LogP contribution in [0.15, 0.2) is 52.0 Å². The minimum absolute atomic E-state index is 0.206. The minimum Gasteiger partial charge on any atom is -0.497 e. The van der Waals surface area contributed by atoms with Gasteiger partial charge in [0, 0.05) is 12.2 Å². The van der Waals surface area contributed by atoms with E-state index in [0.717, 1.165) is 34.0 Å². The summed E-state index contributed by atoms with van der Waals surface area (Å²) in [6.45, 7) is 4.85. The lowest BCUT2D eigenvalue weighted by Gasteiger charge is -2.36. The summed E-state index contributed by atoms with van der Waals surface area (Å²) in [4.78, 5) is 7.68. The molecule has 28 heavy (non-hydrogen) atoms. The minimum atomic E-state index is -0.206. The van der Waals surface area contributed by atoms with E-state index in [1.54, 1.807) is 18.4 Å². The van der Waals surface area contributed by atoms with Crippen LogP contribution in [0.25, 0.3) is 16.3 Å². The van der Waals surface area contributed by atoms with Gasteiger partial charge in [-0.05, 0) is 55.2 Å². The standard InChI is InChI=1S/C20H20N4O2S2/c1-4-24-12(2)16(19-22-18(23-26-19)15-9-6-10-28-15)17(21-20(24)27)13-7-5-8-14(11-13)25-3/h5-11,17H,4H2,1-3H3,(H,21,27). The van der Waals surface area contributed by atoms with Crippen molar-refractivity contribution >= 4 is 34.2 Å². The van der Waals surface area contributed by atoms with Crippen LogP contribution in [0.5, 0.6) is 5.75 Å². The maximum Gasteiger partial charge on any atom is 0.258 e. The quantitative estimate of drug-likeness (QED) is 0.620. The smallest absolute Gasteiger partial charge is 0.258 e. The molecule has 8 heteroatoms. The Morgan fingerprint density at radius 3 is 2.89 bits per heavy atom. The van der Waals surface area contributed by atoms with Crippen LogP contribution in [0.1, 0.15) is 31.3 Å². The summed E-state index contributed by atoms with van der Waals surface area (Å²) in [5.41, 5.74) is 2.93. The fraction of sp³-hybridized carbons (Fsp3) is 0.250. The molecule has 0 spiro atoms. The van der Waals surface area contributed by atoms with E-state index in [9.17, 15) is 0 Å². The van der Waals surface area contributed by atoms with E-state index in [4.69, 9.17) is 21.5 Å². The number of aromatic nitrogens is 2. The highest BCUT2D eigenvalue weighted by Crippen LogP contribution is 2.38. The zero-order valence-electron chi connectivity index (χ0n) is 15.8. The third-order valence-corrected chi connectivity index (χ3v) is 5.94. The van der Waals surface area contributed by atoms with E-state index in [2.05, 4.69) is 22.4 Å². The Kier molecular flexibility index (Phi) is 5.15. The first kappa shape index (κ1) is 18.6. The SMILES string of the molecule is CCN1C(=S)NC(c2cccc(OC)c2)C(c2nc(-c3cccs3)no2)=C1C. The lowest BCUT2D eigenvalue weighted by atomic mass is 9.94. The zero-order chi connectivity index (χ0) is 19.7. The number of nitrogens with zero attached hydrogens (tertiary/aromatic N) is 3. The lowest BCUT2D eigenvalue weighted by molar-refractivity contribution is 0.397. The average molecular weight is 413 g/mol. The average Bonchev–Trinajstić information content (AvgIpc) is 3.39. The molecular weight excluding hydrogens is 392 g/mol. The Hall–Kier alpha value is -2.71. The van der Waals surface area contributed by atoms with Crippen molar-refractivity contribution in [2.75, 3.05) is 13.7 Å². The van der Waals surface area contributed by atoms with Crippen LogP contribution >= 0.6 is 23.6 Å². The van der Waals surface area contributed by atoms with Crippen molar-refractivity contribution in [2.45, 2.75) is 19.9 Å². The van der Waals surface area contributed by atoms with Gasteiger partial charge in [-0.25, -0.2) is 0 Å². The van der Waals surface area contributed by atoms with E-state index in [1.165, 1.54) is 0 Å². The molecule has 0 radical (unpaired) electrons. The number of ether oxygens (including phenoxy) is 1. The number of hydrogen-bond donors (Lipinski definition) is 1. The van der Waals surface area contributed by atoms with E-state index >= 15 is 0 Å². The molecule has 0 aliphatic carbocycles. The Bertz CT molecular complexity index is 1030. The molecule has 0 fully saturated rings. The van der Waals surface area contributed by atoms with Gasteiger partial charge >= 0.3 is 0 Å².